The molecule has 126 valence electrons. The molecule has 2 aliphatic carbocycles. The maximum absolute atomic E-state index is 5.96. The summed E-state index contributed by atoms with van der Waals surface area (Å²) in [5.74, 6) is 3.61. The van der Waals surface area contributed by atoms with Crippen LogP contribution in [0.4, 0.5) is 0 Å². The van der Waals surface area contributed by atoms with Gasteiger partial charge in [-0.3, -0.25) is 0 Å². The van der Waals surface area contributed by atoms with E-state index >= 15 is 0 Å². The van der Waals surface area contributed by atoms with Crippen molar-refractivity contribution in [3.05, 3.63) is 29.8 Å². The van der Waals surface area contributed by atoms with Gasteiger partial charge in [0.15, 0.2) is 5.96 Å². The molecule has 23 heavy (non-hydrogen) atoms. The number of hydrogen-bond donors (Lipinski definition) is 2. The molecule has 0 atom stereocenters. The van der Waals surface area contributed by atoms with E-state index < -0.39 is 0 Å². The summed E-state index contributed by atoms with van der Waals surface area (Å²) >= 11 is 0. The zero-order chi connectivity index (χ0) is 15.9. The van der Waals surface area contributed by atoms with Crippen molar-refractivity contribution in [3.8, 4) is 5.75 Å². The second-order valence-corrected chi connectivity index (χ2v) is 6.72. The van der Waals surface area contributed by atoms with Gasteiger partial charge in [0.25, 0.3) is 0 Å². The molecule has 0 unspecified atom stereocenters. The predicted octanol–water partition coefficient (Wildman–Crippen LogP) is 3.33. The number of aliphatic imine (C=N–C) groups is 1. The number of hydrogen-bond acceptors (Lipinski definition) is 2. The zero-order valence-corrected chi connectivity index (χ0v) is 14.2. The fourth-order valence-corrected chi connectivity index (χ4v) is 2.57. The third-order valence-corrected chi connectivity index (χ3v) is 4.44. The zero-order valence-electron chi connectivity index (χ0n) is 14.2. The van der Waals surface area contributed by atoms with Crippen LogP contribution in [0, 0.1) is 11.8 Å². The normalized spacial score (nSPS) is 17.9. The Bertz CT molecular complexity index is 521. The van der Waals surface area contributed by atoms with Crippen LogP contribution < -0.4 is 15.4 Å². The van der Waals surface area contributed by atoms with Crippen LogP contribution in [-0.2, 0) is 6.54 Å². The topological polar surface area (TPSA) is 45.7 Å². The van der Waals surface area contributed by atoms with E-state index in [-0.39, 0.29) is 0 Å². The molecule has 0 saturated heterocycles. The van der Waals surface area contributed by atoms with Crippen LogP contribution in [0.3, 0.4) is 0 Å². The van der Waals surface area contributed by atoms with Crippen LogP contribution in [-0.4, -0.2) is 25.7 Å². The summed E-state index contributed by atoms with van der Waals surface area (Å²) in [6.45, 7) is 5.50. The summed E-state index contributed by atoms with van der Waals surface area (Å²) in [6.07, 6.45) is 6.69. The fraction of sp³-hybridized carbons (Fsp3) is 0.632. The molecule has 4 heteroatoms. The van der Waals surface area contributed by atoms with Gasteiger partial charge in [-0.2, -0.15) is 0 Å². The molecule has 2 N–H and O–H groups in total. The highest BCUT2D eigenvalue weighted by Gasteiger charge is 2.22. The Morgan fingerprint density at radius 1 is 1.13 bits per heavy atom. The summed E-state index contributed by atoms with van der Waals surface area (Å²) in [4.78, 5) is 4.72. The van der Waals surface area contributed by atoms with E-state index in [1.807, 2.05) is 6.07 Å². The lowest BCUT2D eigenvalue weighted by atomic mass is 10.2. The van der Waals surface area contributed by atoms with Crippen LogP contribution in [0.15, 0.2) is 29.3 Å². The quantitative estimate of drug-likeness (QED) is 0.543. The van der Waals surface area contributed by atoms with Crippen molar-refractivity contribution in [3.63, 3.8) is 0 Å². The maximum Gasteiger partial charge on any atom is 0.191 e. The lowest BCUT2D eigenvalue weighted by Crippen LogP contribution is -2.37. The number of para-hydroxylation sites is 1. The highest BCUT2D eigenvalue weighted by atomic mass is 16.5. The average Bonchev–Trinajstić information content (AvgIpc) is 3.46. The Kier molecular flexibility index (Phi) is 5.78. The molecule has 0 aliphatic heterocycles. The van der Waals surface area contributed by atoms with Crippen LogP contribution in [0.25, 0.3) is 0 Å². The number of guanidine groups is 1. The van der Waals surface area contributed by atoms with Crippen LogP contribution in [0.2, 0.25) is 0 Å². The van der Waals surface area contributed by atoms with Crippen molar-refractivity contribution in [2.75, 3.05) is 19.7 Å². The van der Waals surface area contributed by atoms with E-state index in [2.05, 4.69) is 35.8 Å². The van der Waals surface area contributed by atoms with E-state index in [0.29, 0.717) is 6.54 Å². The first kappa shape index (κ1) is 16.2. The first-order chi connectivity index (χ1) is 11.3. The Morgan fingerprint density at radius 3 is 2.65 bits per heavy atom. The molecule has 2 fully saturated rings. The molecule has 2 saturated carbocycles. The first-order valence-electron chi connectivity index (χ1n) is 9.08. The Balaban J connectivity index is 1.53. The van der Waals surface area contributed by atoms with Crippen molar-refractivity contribution in [1.82, 2.24) is 10.6 Å². The van der Waals surface area contributed by atoms with Gasteiger partial charge in [0.1, 0.15) is 5.75 Å². The minimum Gasteiger partial charge on any atom is -0.493 e. The molecule has 0 aromatic heterocycles. The molecular formula is C19H29N3O. The van der Waals surface area contributed by atoms with Crippen LogP contribution in [0.5, 0.6) is 5.75 Å². The molecule has 1 aromatic rings. The summed E-state index contributed by atoms with van der Waals surface area (Å²) in [7, 11) is 0. The minimum atomic E-state index is 0.652. The summed E-state index contributed by atoms with van der Waals surface area (Å²) in [5.41, 5.74) is 1.16. The Hall–Kier alpha value is -1.71. The number of nitrogens with zero attached hydrogens (tertiary/aromatic N) is 1. The van der Waals surface area contributed by atoms with Crippen molar-refractivity contribution < 1.29 is 4.74 Å². The molecule has 2 aliphatic rings. The standard InChI is InChI=1S/C19H29N3O/c1-2-20-19(21-12-11-15-7-8-15)22-13-17-5-3-4-6-18(17)23-14-16-9-10-16/h3-6,15-16H,2,7-14H2,1H3,(H2,20,21,22). The average molecular weight is 315 g/mol. The van der Waals surface area contributed by atoms with Gasteiger partial charge in [-0.05, 0) is 44.1 Å². The maximum atomic E-state index is 5.96. The molecular weight excluding hydrogens is 286 g/mol. The molecule has 0 amide bonds. The highest BCUT2D eigenvalue weighted by Crippen LogP contribution is 2.32. The van der Waals surface area contributed by atoms with Crippen molar-refractivity contribution in [2.24, 2.45) is 16.8 Å². The largest absolute Gasteiger partial charge is 0.493 e. The minimum absolute atomic E-state index is 0.652. The summed E-state index contributed by atoms with van der Waals surface area (Å²) in [6, 6.07) is 8.26. The molecule has 0 heterocycles. The molecule has 1 aromatic carbocycles. The molecule has 3 rings (SSSR count). The molecule has 0 spiro atoms. The molecule has 0 bridgehead atoms. The van der Waals surface area contributed by atoms with E-state index in [1.165, 1.54) is 32.1 Å². The van der Waals surface area contributed by atoms with E-state index in [9.17, 15) is 0 Å². The third-order valence-electron chi connectivity index (χ3n) is 4.44. The highest BCUT2D eigenvalue weighted by molar-refractivity contribution is 5.79. The number of rotatable bonds is 9. The van der Waals surface area contributed by atoms with Gasteiger partial charge < -0.3 is 15.4 Å². The Labute approximate surface area is 139 Å². The van der Waals surface area contributed by atoms with Crippen molar-refractivity contribution >= 4 is 5.96 Å². The van der Waals surface area contributed by atoms with Crippen molar-refractivity contribution in [2.45, 2.75) is 45.6 Å². The number of nitrogens with one attached hydrogen (secondary N) is 2. The fourth-order valence-electron chi connectivity index (χ4n) is 2.57. The summed E-state index contributed by atoms with van der Waals surface area (Å²) in [5, 5.41) is 6.76. The van der Waals surface area contributed by atoms with Crippen LogP contribution in [0.1, 0.15) is 44.6 Å². The van der Waals surface area contributed by atoms with E-state index in [1.54, 1.807) is 0 Å². The van der Waals surface area contributed by atoms with Gasteiger partial charge in [-0.1, -0.05) is 31.0 Å². The lowest BCUT2D eigenvalue weighted by Gasteiger charge is -2.13. The second kappa shape index (κ2) is 8.23. The first-order valence-corrected chi connectivity index (χ1v) is 9.08. The van der Waals surface area contributed by atoms with Gasteiger partial charge in [0.2, 0.25) is 0 Å². The second-order valence-electron chi connectivity index (χ2n) is 6.72. The third kappa shape index (κ3) is 5.77. The number of ether oxygens (including phenoxy) is 1. The molecule has 0 radical (unpaired) electrons. The van der Waals surface area contributed by atoms with E-state index in [4.69, 9.17) is 9.73 Å². The molecule has 4 nitrogen and oxygen atoms in total. The van der Waals surface area contributed by atoms with Gasteiger partial charge in [-0.25, -0.2) is 4.99 Å². The van der Waals surface area contributed by atoms with Gasteiger partial charge in [0, 0.05) is 18.7 Å². The van der Waals surface area contributed by atoms with Crippen molar-refractivity contribution in [1.29, 1.82) is 0 Å². The smallest absolute Gasteiger partial charge is 0.191 e. The van der Waals surface area contributed by atoms with Crippen LogP contribution >= 0.6 is 0 Å². The summed E-state index contributed by atoms with van der Waals surface area (Å²) < 4.78 is 5.96. The Morgan fingerprint density at radius 2 is 1.91 bits per heavy atom. The van der Waals surface area contributed by atoms with Gasteiger partial charge in [-0.15, -0.1) is 0 Å². The monoisotopic (exact) mass is 315 g/mol. The lowest BCUT2D eigenvalue weighted by molar-refractivity contribution is 0.297. The number of benzene rings is 1. The van der Waals surface area contributed by atoms with Gasteiger partial charge in [0.05, 0.1) is 13.2 Å². The predicted molar refractivity (Wildman–Crippen MR) is 94.8 cm³/mol. The van der Waals surface area contributed by atoms with E-state index in [0.717, 1.165) is 48.8 Å². The SMILES string of the molecule is CCNC(=NCc1ccccc1OCC1CC1)NCCC1CC1. The van der Waals surface area contributed by atoms with Gasteiger partial charge >= 0.3 is 0 Å².